The predicted octanol–water partition coefficient (Wildman–Crippen LogP) is 1.13. The van der Waals surface area contributed by atoms with Gasteiger partial charge in [0, 0.05) is 25.2 Å². The van der Waals surface area contributed by atoms with E-state index in [2.05, 4.69) is 25.2 Å². The number of piperidine rings is 1. The van der Waals surface area contributed by atoms with Gasteiger partial charge in [-0.1, -0.05) is 11.2 Å². The molecule has 1 aliphatic rings. The van der Waals surface area contributed by atoms with Crippen molar-refractivity contribution in [2.75, 3.05) is 13.1 Å². The lowest BCUT2D eigenvalue weighted by molar-refractivity contribution is -0.133. The summed E-state index contributed by atoms with van der Waals surface area (Å²) < 4.78 is 6.86. The van der Waals surface area contributed by atoms with Gasteiger partial charge < -0.3 is 9.42 Å². The van der Waals surface area contributed by atoms with Gasteiger partial charge in [0.2, 0.25) is 5.91 Å². The Morgan fingerprint density at radius 1 is 1.28 bits per heavy atom. The highest BCUT2D eigenvalue weighted by molar-refractivity contribution is 5.76. The second-order valence-corrected chi connectivity index (χ2v) is 5.92. The van der Waals surface area contributed by atoms with E-state index in [1.54, 1.807) is 12.5 Å². The number of pyridine rings is 1. The lowest BCUT2D eigenvalue weighted by Gasteiger charge is -2.30. The number of amides is 1. The molecule has 4 heterocycles. The van der Waals surface area contributed by atoms with Crippen molar-refractivity contribution in [1.82, 2.24) is 34.8 Å². The van der Waals surface area contributed by atoms with E-state index in [0.29, 0.717) is 30.5 Å². The zero-order chi connectivity index (χ0) is 17.1. The zero-order valence-corrected chi connectivity index (χ0v) is 13.5. The van der Waals surface area contributed by atoms with Crippen LogP contribution in [0.5, 0.6) is 0 Å². The summed E-state index contributed by atoms with van der Waals surface area (Å²) in [5.41, 5.74) is 0.668. The Kier molecular flexibility index (Phi) is 4.19. The Bertz CT molecular complexity index is 823. The van der Waals surface area contributed by atoms with Gasteiger partial charge in [-0.05, 0) is 25.0 Å². The SMILES string of the molecule is O=C(Cn1cncn1)N1CCC(c2noc(-c3ccccn3)n2)CC1. The van der Waals surface area contributed by atoms with Gasteiger partial charge in [0.15, 0.2) is 5.82 Å². The minimum absolute atomic E-state index is 0.0474. The minimum atomic E-state index is 0.0474. The van der Waals surface area contributed by atoms with Crippen LogP contribution in [-0.2, 0) is 11.3 Å². The standard InChI is InChI=1S/C16H17N7O2/c24-14(9-23-11-17-10-19-23)22-7-4-12(5-8-22)15-20-16(25-21-15)13-3-1-2-6-18-13/h1-3,6,10-12H,4-5,7-9H2. The summed E-state index contributed by atoms with van der Waals surface area (Å²) in [5, 5.41) is 8.06. The first-order valence-electron chi connectivity index (χ1n) is 8.15. The maximum Gasteiger partial charge on any atom is 0.276 e. The molecule has 0 aromatic carbocycles. The molecule has 9 heteroatoms. The molecule has 0 bridgehead atoms. The normalized spacial score (nSPS) is 15.4. The number of hydrogen-bond acceptors (Lipinski definition) is 7. The molecule has 25 heavy (non-hydrogen) atoms. The van der Waals surface area contributed by atoms with Crippen molar-refractivity contribution < 1.29 is 9.32 Å². The molecule has 3 aromatic heterocycles. The first-order chi connectivity index (χ1) is 12.3. The Labute approximate surface area is 143 Å². The van der Waals surface area contributed by atoms with Crippen LogP contribution in [-0.4, -0.2) is 53.8 Å². The summed E-state index contributed by atoms with van der Waals surface area (Å²) in [6.45, 7) is 1.56. The highest BCUT2D eigenvalue weighted by Crippen LogP contribution is 2.27. The lowest BCUT2D eigenvalue weighted by atomic mass is 9.96. The minimum Gasteiger partial charge on any atom is -0.341 e. The molecule has 1 amide bonds. The number of likely N-dealkylation sites (tertiary alicyclic amines) is 1. The van der Waals surface area contributed by atoms with E-state index in [0.717, 1.165) is 12.8 Å². The third kappa shape index (κ3) is 3.39. The molecule has 1 aliphatic heterocycles. The van der Waals surface area contributed by atoms with Crippen LogP contribution in [0, 0.1) is 0 Å². The van der Waals surface area contributed by atoms with E-state index in [1.807, 2.05) is 23.1 Å². The largest absolute Gasteiger partial charge is 0.341 e. The molecule has 0 atom stereocenters. The third-order valence-electron chi connectivity index (χ3n) is 4.30. The van der Waals surface area contributed by atoms with Gasteiger partial charge in [0.25, 0.3) is 5.89 Å². The average molecular weight is 339 g/mol. The van der Waals surface area contributed by atoms with Gasteiger partial charge in [-0.25, -0.2) is 9.67 Å². The Morgan fingerprint density at radius 3 is 2.88 bits per heavy atom. The van der Waals surface area contributed by atoms with E-state index >= 15 is 0 Å². The number of aromatic nitrogens is 6. The second kappa shape index (κ2) is 6.80. The van der Waals surface area contributed by atoms with Crippen molar-refractivity contribution in [3.8, 4) is 11.6 Å². The summed E-state index contributed by atoms with van der Waals surface area (Å²) in [5.74, 6) is 1.35. The van der Waals surface area contributed by atoms with Crippen LogP contribution in [0.4, 0.5) is 0 Å². The molecule has 0 N–H and O–H groups in total. The molecule has 0 spiro atoms. The molecule has 4 rings (SSSR count). The molecule has 0 radical (unpaired) electrons. The van der Waals surface area contributed by atoms with Crippen LogP contribution in [0.15, 0.2) is 41.6 Å². The third-order valence-corrected chi connectivity index (χ3v) is 4.30. The van der Waals surface area contributed by atoms with E-state index in [-0.39, 0.29) is 18.4 Å². The molecule has 0 saturated carbocycles. The van der Waals surface area contributed by atoms with Gasteiger partial charge in [-0.2, -0.15) is 10.1 Å². The number of hydrogen-bond donors (Lipinski definition) is 0. The number of carbonyl (C=O) groups is 1. The molecule has 128 valence electrons. The maximum atomic E-state index is 12.3. The summed E-state index contributed by atoms with van der Waals surface area (Å²) in [7, 11) is 0. The van der Waals surface area contributed by atoms with Gasteiger partial charge in [0.05, 0.1) is 0 Å². The molecular formula is C16H17N7O2. The van der Waals surface area contributed by atoms with Crippen LogP contribution >= 0.6 is 0 Å². The average Bonchev–Trinajstić information content (AvgIpc) is 3.34. The fraction of sp³-hybridized carbons (Fsp3) is 0.375. The Morgan fingerprint density at radius 2 is 2.16 bits per heavy atom. The molecular weight excluding hydrogens is 322 g/mol. The van der Waals surface area contributed by atoms with Gasteiger partial charge in [-0.15, -0.1) is 0 Å². The molecule has 1 fully saturated rings. The fourth-order valence-electron chi connectivity index (χ4n) is 2.93. The van der Waals surface area contributed by atoms with E-state index in [4.69, 9.17) is 4.52 Å². The second-order valence-electron chi connectivity index (χ2n) is 5.92. The molecule has 9 nitrogen and oxygen atoms in total. The maximum absolute atomic E-state index is 12.3. The monoisotopic (exact) mass is 339 g/mol. The van der Waals surface area contributed by atoms with Crippen molar-refractivity contribution in [2.24, 2.45) is 0 Å². The lowest BCUT2D eigenvalue weighted by Crippen LogP contribution is -2.40. The first kappa shape index (κ1) is 15.4. The van der Waals surface area contributed by atoms with Crippen LogP contribution in [0.25, 0.3) is 11.6 Å². The van der Waals surface area contributed by atoms with Crippen LogP contribution in [0.1, 0.15) is 24.6 Å². The Hall–Kier alpha value is -3.10. The summed E-state index contributed by atoms with van der Waals surface area (Å²) in [6.07, 6.45) is 6.28. The van der Waals surface area contributed by atoms with Crippen LogP contribution in [0.3, 0.4) is 0 Å². The summed E-state index contributed by atoms with van der Waals surface area (Å²) in [6, 6.07) is 5.56. The predicted molar refractivity (Wildman–Crippen MR) is 86.1 cm³/mol. The number of nitrogens with zero attached hydrogens (tertiary/aromatic N) is 7. The summed E-state index contributed by atoms with van der Waals surface area (Å²) in [4.78, 5) is 26.7. The summed E-state index contributed by atoms with van der Waals surface area (Å²) >= 11 is 0. The van der Waals surface area contributed by atoms with Gasteiger partial charge >= 0.3 is 0 Å². The van der Waals surface area contributed by atoms with E-state index < -0.39 is 0 Å². The number of carbonyl (C=O) groups excluding carboxylic acids is 1. The van der Waals surface area contributed by atoms with Gasteiger partial charge in [0.1, 0.15) is 24.9 Å². The van der Waals surface area contributed by atoms with Crippen molar-refractivity contribution >= 4 is 5.91 Å². The van der Waals surface area contributed by atoms with E-state index in [1.165, 1.54) is 11.0 Å². The van der Waals surface area contributed by atoms with Crippen LogP contribution in [0.2, 0.25) is 0 Å². The van der Waals surface area contributed by atoms with Crippen molar-refractivity contribution in [3.63, 3.8) is 0 Å². The van der Waals surface area contributed by atoms with E-state index in [9.17, 15) is 4.79 Å². The quantitative estimate of drug-likeness (QED) is 0.702. The zero-order valence-electron chi connectivity index (χ0n) is 13.5. The molecule has 0 unspecified atom stereocenters. The van der Waals surface area contributed by atoms with Crippen LogP contribution < -0.4 is 0 Å². The topological polar surface area (TPSA) is 103 Å². The van der Waals surface area contributed by atoms with Crippen molar-refractivity contribution in [3.05, 3.63) is 42.9 Å². The molecule has 3 aromatic rings. The molecule has 0 aliphatic carbocycles. The Balaban J connectivity index is 1.36. The highest BCUT2D eigenvalue weighted by Gasteiger charge is 2.27. The highest BCUT2D eigenvalue weighted by atomic mass is 16.5. The van der Waals surface area contributed by atoms with Crippen molar-refractivity contribution in [2.45, 2.75) is 25.3 Å². The van der Waals surface area contributed by atoms with Gasteiger partial charge in [-0.3, -0.25) is 9.78 Å². The number of rotatable bonds is 4. The smallest absolute Gasteiger partial charge is 0.276 e. The van der Waals surface area contributed by atoms with Crippen molar-refractivity contribution in [1.29, 1.82) is 0 Å². The molecule has 1 saturated heterocycles. The fourth-order valence-corrected chi connectivity index (χ4v) is 2.93. The first-order valence-corrected chi connectivity index (χ1v) is 8.15.